The number of carboxylic acids is 1. The van der Waals surface area contributed by atoms with Crippen LogP contribution in [0.2, 0.25) is 0 Å². The maximum Gasteiger partial charge on any atom is 0.328 e. The average Bonchev–Trinajstić information content (AvgIpc) is 3.26. The van der Waals surface area contributed by atoms with Crippen LogP contribution in [0.15, 0.2) is 12.5 Å². The second-order valence-corrected chi connectivity index (χ2v) is 8.03. The predicted octanol–water partition coefficient (Wildman–Crippen LogP) is -3.56. The molecule has 1 heterocycles. The van der Waals surface area contributed by atoms with Gasteiger partial charge in [-0.3, -0.25) is 19.2 Å². The molecule has 1 rings (SSSR count). The van der Waals surface area contributed by atoms with Gasteiger partial charge in [-0.05, 0) is 18.4 Å². The lowest BCUT2D eigenvalue weighted by Crippen LogP contribution is -2.58. The second kappa shape index (κ2) is 14.1. The van der Waals surface area contributed by atoms with Crippen molar-refractivity contribution in [2.24, 2.45) is 11.5 Å². The van der Waals surface area contributed by atoms with Gasteiger partial charge in [0.2, 0.25) is 23.6 Å². The topological polar surface area (TPSA) is 243 Å². The van der Waals surface area contributed by atoms with Gasteiger partial charge in [-0.25, -0.2) is 9.78 Å². The van der Waals surface area contributed by atoms with Crippen molar-refractivity contribution in [3.05, 3.63) is 18.2 Å². The maximum absolute atomic E-state index is 12.8. The summed E-state index contributed by atoms with van der Waals surface area (Å²) >= 11 is 1.41. The molecule has 0 saturated heterocycles. The summed E-state index contributed by atoms with van der Waals surface area (Å²) in [5.41, 5.74) is 11.7. The fourth-order valence-electron chi connectivity index (χ4n) is 2.65. The van der Waals surface area contributed by atoms with Crippen molar-refractivity contribution in [1.29, 1.82) is 0 Å². The van der Waals surface area contributed by atoms with E-state index in [1.54, 1.807) is 6.26 Å². The zero-order valence-electron chi connectivity index (χ0n) is 17.9. The highest BCUT2D eigenvalue weighted by Gasteiger charge is 2.31. The summed E-state index contributed by atoms with van der Waals surface area (Å²) in [6, 6.07) is -5.23. The Bertz CT molecular complexity index is 821. The minimum Gasteiger partial charge on any atom is -0.480 e. The monoisotopic (exact) mass is 487 g/mol. The Hall–Kier alpha value is -3.17. The lowest BCUT2D eigenvalue weighted by atomic mass is 10.1. The van der Waals surface area contributed by atoms with Gasteiger partial charge >= 0.3 is 5.97 Å². The smallest absolute Gasteiger partial charge is 0.328 e. The molecule has 1 aromatic rings. The molecule has 4 amide bonds. The van der Waals surface area contributed by atoms with Crippen LogP contribution in [0.3, 0.4) is 0 Å². The van der Waals surface area contributed by atoms with Crippen LogP contribution in [0.5, 0.6) is 0 Å². The van der Waals surface area contributed by atoms with E-state index in [4.69, 9.17) is 21.7 Å². The van der Waals surface area contributed by atoms with E-state index in [9.17, 15) is 24.0 Å². The van der Waals surface area contributed by atoms with E-state index in [0.717, 1.165) is 0 Å². The van der Waals surface area contributed by atoms with Gasteiger partial charge in [0, 0.05) is 18.3 Å². The molecule has 10 N–H and O–H groups in total. The summed E-state index contributed by atoms with van der Waals surface area (Å²) in [6.45, 7) is -0.904. The molecule has 0 spiro atoms. The summed E-state index contributed by atoms with van der Waals surface area (Å²) in [5, 5.41) is 24.9. The van der Waals surface area contributed by atoms with Crippen LogP contribution in [-0.2, 0) is 30.4 Å². The van der Waals surface area contributed by atoms with Gasteiger partial charge in [0.15, 0.2) is 0 Å². The molecule has 0 bridgehead atoms. The van der Waals surface area contributed by atoms with Gasteiger partial charge in [-0.2, -0.15) is 11.8 Å². The second-order valence-electron chi connectivity index (χ2n) is 7.04. The molecule has 4 unspecified atom stereocenters. The third kappa shape index (κ3) is 9.88. The summed E-state index contributed by atoms with van der Waals surface area (Å²) in [7, 11) is 0. The SMILES string of the molecule is CSCCC(NC(=O)C(N)Cc1cnc[nH]1)C(=O)NC(CC(N)=O)C(=O)NC(CO)C(=O)O. The number of aliphatic hydroxyl groups is 1. The van der Waals surface area contributed by atoms with Crippen molar-refractivity contribution in [3.63, 3.8) is 0 Å². The number of rotatable bonds is 15. The van der Waals surface area contributed by atoms with Crippen LogP contribution in [0, 0.1) is 0 Å². The van der Waals surface area contributed by atoms with Crippen LogP contribution in [-0.4, -0.2) is 92.6 Å². The average molecular weight is 488 g/mol. The van der Waals surface area contributed by atoms with Gasteiger partial charge in [0.25, 0.3) is 0 Å². The highest BCUT2D eigenvalue weighted by molar-refractivity contribution is 7.98. The number of carboxylic acid groups (broad SMARTS) is 1. The first-order valence-corrected chi connectivity index (χ1v) is 11.2. The number of aliphatic carboxylic acids is 1. The third-order valence-corrected chi connectivity index (χ3v) is 5.05. The first kappa shape index (κ1) is 27.9. The quantitative estimate of drug-likeness (QED) is 0.121. The lowest BCUT2D eigenvalue weighted by Gasteiger charge is -2.24. The number of nitrogens with two attached hydrogens (primary N) is 2. The molecule has 33 heavy (non-hydrogen) atoms. The molecule has 14 nitrogen and oxygen atoms in total. The standard InChI is InChI=1S/C18H29N7O7S/c1-33-3-2-11(23-15(28)10(19)4-9-6-21-8-22-9)16(29)24-12(5-14(20)27)17(30)25-13(7-26)18(31)32/h6,8,10-13,26H,2-5,7,19H2,1H3,(H2,20,27)(H,21,22)(H,23,28)(H,24,29)(H,25,30)(H,31,32). The fourth-order valence-corrected chi connectivity index (χ4v) is 3.12. The maximum atomic E-state index is 12.8. The molecule has 1 aromatic heterocycles. The highest BCUT2D eigenvalue weighted by atomic mass is 32.2. The number of primary amides is 1. The molecular weight excluding hydrogens is 458 g/mol. The number of thioether (sulfide) groups is 1. The normalized spacial score (nSPS) is 14.4. The minimum absolute atomic E-state index is 0.146. The lowest BCUT2D eigenvalue weighted by molar-refractivity contribution is -0.143. The minimum atomic E-state index is -1.64. The number of aromatic nitrogens is 2. The molecule has 0 aliphatic rings. The molecule has 0 saturated carbocycles. The van der Waals surface area contributed by atoms with Crippen molar-refractivity contribution >= 4 is 41.4 Å². The Labute approximate surface area is 193 Å². The number of hydrogen-bond donors (Lipinski definition) is 8. The van der Waals surface area contributed by atoms with Crippen LogP contribution in [0.1, 0.15) is 18.5 Å². The van der Waals surface area contributed by atoms with E-state index in [-0.39, 0.29) is 12.8 Å². The van der Waals surface area contributed by atoms with Crippen LogP contribution >= 0.6 is 11.8 Å². The Morgan fingerprint density at radius 3 is 2.21 bits per heavy atom. The van der Waals surface area contributed by atoms with Crippen LogP contribution in [0.25, 0.3) is 0 Å². The van der Waals surface area contributed by atoms with E-state index in [0.29, 0.717) is 11.4 Å². The van der Waals surface area contributed by atoms with E-state index >= 15 is 0 Å². The van der Waals surface area contributed by atoms with E-state index in [1.807, 2.05) is 5.32 Å². The number of imidazole rings is 1. The fraction of sp³-hybridized carbons (Fsp3) is 0.556. The number of aromatic amines is 1. The molecule has 0 aliphatic carbocycles. The van der Waals surface area contributed by atoms with Gasteiger partial charge < -0.3 is 42.6 Å². The molecule has 0 aromatic carbocycles. The molecule has 184 valence electrons. The van der Waals surface area contributed by atoms with Gasteiger partial charge in [0.05, 0.1) is 25.4 Å². The van der Waals surface area contributed by atoms with Gasteiger partial charge in [-0.1, -0.05) is 0 Å². The van der Waals surface area contributed by atoms with Crippen molar-refractivity contribution in [2.75, 3.05) is 18.6 Å². The number of carbonyl (C=O) groups is 5. The Morgan fingerprint density at radius 1 is 1.09 bits per heavy atom. The van der Waals surface area contributed by atoms with Crippen molar-refractivity contribution in [2.45, 2.75) is 43.4 Å². The summed E-state index contributed by atoms with van der Waals surface area (Å²) < 4.78 is 0. The molecule has 4 atom stereocenters. The number of nitrogens with zero attached hydrogens (tertiary/aromatic N) is 1. The molecule has 0 radical (unpaired) electrons. The number of H-pyrrole nitrogens is 1. The Morgan fingerprint density at radius 2 is 1.70 bits per heavy atom. The predicted molar refractivity (Wildman–Crippen MR) is 118 cm³/mol. The molecule has 0 aliphatic heterocycles. The third-order valence-electron chi connectivity index (χ3n) is 4.41. The van der Waals surface area contributed by atoms with Crippen molar-refractivity contribution < 1.29 is 34.2 Å². The van der Waals surface area contributed by atoms with Gasteiger partial charge in [-0.15, -0.1) is 0 Å². The highest BCUT2D eigenvalue weighted by Crippen LogP contribution is 2.05. The molecule has 15 heteroatoms. The van der Waals surface area contributed by atoms with Crippen molar-refractivity contribution in [3.8, 4) is 0 Å². The number of aliphatic hydroxyl groups excluding tert-OH is 1. The van der Waals surface area contributed by atoms with E-state index in [2.05, 4.69) is 20.6 Å². The number of carbonyl (C=O) groups excluding carboxylic acids is 4. The van der Waals surface area contributed by atoms with Crippen molar-refractivity contribution in [1.82, 2.24) is 25.9 Å². The molecule has 0 fully saturated rings. The number of nitrogens with one attached hydrogen (secondary N) is 4. The largest absolute Gasteiger partial charge is 0.480 e. The van der Waals surface area contributed by atoms with Crippen LogP contribution < -0.4 is 27.4 Å². The summed E-state index contributed by atoms with van der Waals surface area (Å²) in [5.74, 6) is -4.40. The van der Waals surface area contributed by atoms with Crippen LogP contribution in [0.4, 0.5) is 0 Å². The zero-order valence-corrected chi connectivity index (χ0v) is 18.8. The summed E-state index contributed by atoms with van der Waals surface area (Å²) in [6.07, 6.45) is 4.45. The number of amides is 4. The first-order valence-electron chi connectivity index (χ1n) is 9.83. The van der Waals surface area contributed by atoms with Gasteiger partial charge in [0.1, 0.15) is 18.1 Å². The van der Waals surface area contributed by atoms with E-state index < -0.39 is 66.8 Å². The molecular formula is C18H29N7O7S. The first-order chi connectivity index (χ1) is 15.6. The zero-order chi connectivity index (χ0) is 25.0. The Balaban J connectivity index is 2.89. The van der Waals surface area contributed by atoms with E-state index in [1.165, 1.54) is 24.3 Å². The summed E-state index contributed by atoms with van der Waals surface area (Å²) in [4.78, 5) is 66.8. The number of hydrogen-bond acceptors (Lipinski definition) is 9. The Kier molecular flexibility index (Phi) is 11.9.